The van der Waals surface area contributed by atoms with E-state index in [9.17, 15) is 0 Å². The van der Waals surface area contributed by atoms with E-state index >= 15 is 0 Å². The quantitative estimate of drug-likeness (QED) is 0.507. The summed E-state index contributed by atoms with van der Waals surface area (Å²) in [6.07, 6.45) is 0. The molecule has 0 spiro atoms. The molecule has 10 heteroatoms. The van der Waals surface area contributed by atoms with Gasteiger partial charge < -0.3 is 0 Å². The molecule has 0 nitrogen and oxygen atoms in total. The fourth-order valence-electron chi connectivity index (χ4n) is 0.159. The van der Waals surface area contributed by atoms with E-state index in [1.807, 2.05) is 6.89 Å². The molecule has 0 N–H and O–H groups in total. The zero-order chi connectivity index (χ0) is 5.70. The van der Waals surface area contributed by atoms with Crippen LogP contribution in [0.3, 0.4) is 0 Å². The fraction of sp³-hybridized carbons (Fsp3) is 0. The predicted molar refractivity (Wildman–Crippen MR) is 49.4 cm³/mol. The number of rotatable bonds is 3. The Kier molecular flexibility index (Phi) is 42.3. The van der Waals surface area contributed by atoms with Crippen LogP contribution in [0.2, 0.25) is 0 Å². The molecular formula is H4B4P3V3. The van der Waals surface area contributed by atoms with Gasteiger partial charge in [-0.05, 0) is 0 Å². The molecule has 3 unspecified atom stereocenters. The first-order valence-electron chi connectivity index (χ1n) is 1.82. The van der Waals surface area contributed by atoms with Crippen molar-refractivity contribution < 1.29 is 55.7 Å². The summed E-state index contributed by atoms with van der Waals surface area (Å²) < 4.78 is 0. The van der Waals surface area contributed by atoms with Gasteiger partial charge in [0, 0.05) is 55.7 Å². The van der Waals surface area contributed by atoms with Crippen LogP contribution in [-0.4, -0.2) is 28.1 Å². The molecule has 0 bridgehead atoms. The van der Waals surface area contributed by atoms with Gasteiger partial charge in [0.1, 0.15) is 12.9 Å². The van der Waals surface area contributed by atoms with Gasteiger partial charge in [0.05, 0.1) is 15.1 Å². The minimum absolute atomic E-state index is 0. The standard InChI is InChI=1S/B4H4P3.3V/c1-6-4(3-5)7-2;;;/h6-7H,5H2;;;. The van der Waals surface area contributed by atoms with Crippen LogP contribution in [0.15, 0.2) is 0 Å². The van der Waals surface area contributed by atoms with Gasteiger partial charge in [-0.25, -0.2) is 16.7 Å². The third-order valence-corrected chi connectivity index (χ3v) is 3.81. The minimum atomic E-state index is 0. The molecule has 0 amide bonds. The average molecular weight is 293 g/mol. The van der Waals surface area contributed by atoms with Crippen LogP contribution >= 0.6 is 25.8 Å². The molecule has 46 valence electrons. The molecule has 0 saturated heterocycles. The van der Waals surface area contributed by atoms with E-state index in [-0.39, 0.29) is 55.7 Å². The zero-order valence-corrected chi connectivity index (χ0v) is 12.6. The Bertz CT molecular complexity index is 37.2. The Hall–Kier alpha value is 3.30. The van der Waals surface area contributed by atoms with Gasteiger partial charge in [-0.2, -0.15) is 9.12 Å². The van der Waals surface area contributed by atoms with Crippen molar-refractivity contribution in [2.45, 2.75) is 0 Å². The van der Waals surface area contributed by atoms with Gasteiger partial charge in [0.15, 0.2) is 0 Å². The van der Waals surface area contributed by atoms with Gasteiger partial charge in [0.25, 0.3) is 0 Å². The molecule has 0 heterocycles. The first-order chi connectivity index (χ1) is 3.35. The van der Waals surface area contributed by atoms with Crippen molar-refractivity contribution in [1.29, 1.82) is 0 Å². The molecule has 0 aromatic heterocycles. The van der Waals surface area contributed by atoms with Gasteiger partial charge in [-0.3, -0.25) is 0 Å². The van der Waals surface area contributed by atoms with Crippen molar-refractivity contribution in [3.63, 3.8) is 0 Å². The zero-order valence-electron chi connectivity index (χ0n) is 5.23. The molecule has 0 aliphatic rings. The molecule has 3 atom stereocenters. The summed E-state index contributed by atoms with van der Waals surface area (Å²) in [5.41, 5.74) is 0. The molecule has 0 saturated carbocycles. The van der Waals surface area contributed by atoms with Crippen LogP contribution in [0.5, 0.6) is 0 Å². The van der Waals surface area contributed by atoms with Crippen LogP contribution in [-0.2, 0) is 55.7 Å². The largest absolute Gasteiger partial charge is 0.206 e. The molecule has 0 aromatic carbocycles. The van der Waals surface area contributed by atoms with Crippen molar-refractivity contribution >= 4 is 53.9 Å². The summed E-state index contributed by atoms with van der Waals surface area (Å²) in [5, 5.41) is 0. The summed E-state index contributed by atoms with van der Waals surface area (Å²) in [6, 6.07) is 0.435. The van der Waals surface area contributed by atoms with Gasteiger partial charge >= 0.3 is 0 Å². The molecule has 0 aliphatic heterocycles. The Labute approximate surface area is 108 Å². The predicted octanol–water partition coefficient (Wildman–Crippen LogP) is -0.0179. The van der Waals surface area contributed by atoms with E-state index in [1.165, 1.54) is 0 Å². The van der Waals surface area contributed by atoms with Crippen LogP contribution < -0.4 is 0 Å². The van der Waals surface area contributed by atoms with Crippen molar-refractivity contribution in [3.05, 3.63) is 0 Å². The molecule has 0 aliphatic carbocycles. The number of hydrogen-bond donors (Lipinski definition) is 0. The van der Waals surface area contributed by atoms with Crippen molar-refractivity contribution in [1.82, 2.24) is 0 Å². The smallest absolute Gasteiger partial charge is 0.138 e. The normalized spacial score (nSPS) is 8.10. The summed E-state index contributed by atoms with van der Waals surface area (Å²) >= 11 is 0. The second-order valence-corrected chi connectivity index (χ2v) is 3.88. The summed E-state index contributed by atoms with van der Waals surface area (Å²) in [7, 11) is 14.0. The van der Waals surface area contributed by atoms with Crippen molar-refractivity contribution in [3.8, 4) is 0 Å². The van der Waals surface area contributed by atoms with E-state index in [4.69, 9.17) is 15.1 Å². The Morgan fingerprint density at radius 1 is 1.10 bits per heavy atom. The molecule has 0 fully saturated rings. The van der Waals surface area contributed by atoms with E-state index < -0.39 is 0 Å². The van der Waals surface area contributed by atoms with E-state index in [2.05, 4.69) is 9.12 Å². The molecule has 8 radical (unpaired) electrons. The third kappa shape index (κ3) is 13.9. The molecule has 10 heavy (non-hydrogen) atoms. The van der Waals surface area contributed by atoms with Gasteiger partial charge in [-0.15, -0.1) is 0 Å². The van der Waals surface area contributed by atoms with Crippen molar-refractivity contribution in [2.24, 2.45) is 0 Å². The first-order valence-corrected chi connectivity index (χ1v) is 4.80. The summed E-state index contributed by atoms with van der Waals surface area (Å²) in [6.45, 7) is 1.97. The second-order valence-electron chi connectivity index (χ2n) is 1.00. The fourth-order valence-corrected chi connectivity index (χ4v) is 1.43. The Balaban J connectivity index is -0.0000000600. The van der Waals surface area contributed by atoms with Crippen LogP contribution in [0, 0.1) is 0 Å². The van der Waals surface area contributed by atoms with E-state index in [0.717, 1.165) is 0 Å². The maximum absolute atomic E-state index is 5.30. The molecule has 0 aromatic rings. The molecular weight excluding hydrogens is 289 g/mol. The van der Waals surface area contributed by atoms with E-state index in [0.29, 0.717) is 22.7 Å². The van der Waals surface area contributed by atoms with Gasteiger partial charge in [0.2, 0.25) is 0 Å². The van der Waals surface area contributed by atoms with Crippen molar-refractivity contribution in [2.75, 3.05) is 0 Å². The summed E-state index contributed by atoms with van der Waals surface area (Å²) in [4.78, 5) is 0. The SMILES string of the molecule is [B]PB([B]P)P[B].[V].[V].[V]. The Morgan fingerprint density at radius 3 is 1.40 bits per heavy atom. The second kappa shape index (κ2) is 18.2. The maximum Gasteiger partial charge on any atom is 0.138 e. The van der Waals surface area contributed by atoms with Crippen LogP contribution in [0.1, 0.15) is 0 Å². The maximum atomic E-state index is 5.30. The van der Waals surface area contributed by atoms with Crippen LogP contribution in [0.4, 0.5) is 0 Å². The Morgan fingerprint density at radius 2 is 1.40 bits per heavy atom. The first kappa shape index (κ1) is 23.3. The van der Waals surface area contributed by atoms with Crippen LogP contribution in [0.25, 0.3) is 0 Å². The molecule has 0 rings (SSSR count). The van der Waals surface area contributed by atoms with Gasteiger partial charge in [-0.1, -0.05) is 0 Å². The topological polar surface area (TPSA) is 0 Å². The monoisotopic (exact) mass is 294 g/mol. The minimum Gasteiger partial charge on any atom is -0.206 e. The number of hydrogen-bond acceptors (Lipinski definition) is 0. The summed E-state index contributed by atoms with van der Waals surface area (Å²) in [5.74, 6) is 0. The average Bonchev–Trinajstić information content (AvgIpc) is 1.72. The van der Waals surface area contributed by atoms with E-state index in [1.54, 1.807) is 0 Å². The third-order valence-electron chi connectivity index (χ3n) is 0.552.